The molecule has 0 spiro atoms. The number of amides is 1. The molecule has 0 atom stereocenters. The van der Waals surface area contributed by atoms with Crippen molar-refractivity contribution in [1.29, 1.82) is 0 Å². The number of hydrogen-bond donors (Lipinski definition) is 0. The molecule has 3 heterocycles. The second-order valence-corrected chi connectivity index (χ2v) is 6.79. The van der Waals surface area contributed by atoms with Crippen LogP contribution in [0.5, 0.6) is 0 Å². The molecular weight excluding hydrogens is 336 g/mol. The first-order valence-electron chi connectivity index (χ1n) is 9.12. The van der Waals surface area contributed by atoms with Crippen LogP contribution < -0.4 is 5.69 Å². The fourth-order valence-electron chi connectivity index (χ4n) is 3.48. The minimum atomic E-state index is -0.0620. The highest BCUT2D eigenvalue weighted by Gasteiger charge is 2.24. The Morgan fingerprint density at radius 2 is 2.00 bits per heavy atom. The van der Waals surface area contributed by atoms with Crippen molar-refractivity contribution in [2.45, 2.75) is 52.6 Å². The van der Waals surface area contributed by atoms with Crippen molar-refractivity contribution in [2.24, 2.45) is 13.0 Å². The molecule has 0 aliphatic carbocycles. The van der Waals surface area contributed by atoms with E-state index in [2.05, 4.69) is 20.6 Å². The number of piperidine rings is 1. The normalized spacial score (nSPS) is 15.6. The van der Waals surface area contributed by atoms with Gasteiger partial charge in [0.2, 0.25) is 5.91 Å². The van der Waals surface area contributed by atoms with Gasteiger partial charge in [0.05, 0.1) is 6.54 Å². The number of carbonyl (C=O) groups excluding carboxylic acids is 1. The van der Waals surface area contributed by atoms with Crippen LogP contribution in [-0.4, -0.2) is 58.5 Å². The second-order valence-electron chi connectivity index (χ2n) is 6.79. The molecule has 1 aliphatic rings. The van der Waals surface area contributed by atoms with E-state index in [0.717, 1.165) is 38.2 Å². The molecule has 10 heteroatoms. The van der Waals surface area contributed by atoms with Crippen LogP contribution in [0, 0.1) is 12.8 Å². The Labute approximate surface area is 151 Å². The van der Waals surface area contributed by atoms with Gasteiger partial charge in [0, 0.05) is 39.5 Å². The molecule has 1 aliphatic heterocycles. The zero-order valence-electron chi connectivity index (χ0n) is 15.6. The summed E-state index contributed by atoms with van der Waals surface area (Å²) in [5, 5.41) is 15.6. The van der Waals surface area contributed by atoms with Crippen molar-refractivity contribution >= 4 is 5.91 Å². The summed E-state index contributed by atoms with van der Waals surface area (Å²) < 4.78 is 4.78. The Balaban J connectivity index is 1.49. The van der Waals surface area contributed by atoms with E-state index in [1.807, 2.05) is 18.7 Å². The molecule has 2 aromatic rings. The maximum atomic E-state index is 12.4. The topological polar surface area (TPSA) is 104 Å². The molecular formula is C16H26N8O2. The van der Waals surface area contributed by atoms with Gasteiger partial charge < -0.3 is 4.90 Å². The van der Waals surface area contributed by atoms with Crippen molar-refractivity contribution in [3.8, 4) is 0 Å². The van der Waals surface area contributed by atoms with Gasteiger partial charge in [0.25, 0.3) is 0 Å². The monoisotopic (exact) mass is 362 g/mol. The van der Waals surface area contributed by atoms with Gasteiger partial charge in [-0.15, -0.1) is 5.10 Å². The van der Waals surface area contributed by atoms with Crippen molar-refractivity contribution < 1.29 is 4.79 Å². The average molecular weight is 362 g/mol. The summed E-state index contributed by atoms with van der Waals surface area (Å²) >= 11 is 0. The lowest BCUT2D eigenvalue weighted by molar-refractivity contribution is -0.132. The lowest BCUT2D eigenvalue weighted by atomic mass is 9.93. The van der Waals surface area contributed by atoms with Gasteiger partial charge in [0.1, 0.15) is 11.6 Å². The fraction of sp³-hybridized carbons (Fsp3) is 0.750. The number of aromatic nitrogens is 7. The highest BCUT2D eigenvalue weighted by Crippen LogP contribution is 2.21. The van der Waals surface area contributed by atoms with Crippen LogP contribution in [0.2, 0.25) is 0 Å². The Hall–Kier alpha value is -2.52. The van der Waals surface area contributed by atoms with E-state index < -0.39 is 0 Å². The number of hydrogen-bond acceptors (Lipinski definition) is 6. The minimum Gasteiger partial charge on any atom is -0.343 e. The lowest BCUT2D eigenvalue weighted by Crippen LogP contribution is -2.39. The summed E-state index contributed by atoms with van der Waals surface area (Å²) in [6.07, 6.45) is 3.07. The van der Waals surface area contributed by atoms with Crippen LogP contribution in [0.15, 0.2) is 4.79 Å². The van der Waals surface area contributed by atoms with Crippen LogP contribution in [0.4, 0.5) is 0 Å². The van der Waals surface area contributed by atoms with Crippen LogP contribution >= 0.6 is 0 Å². The first-order valence-corrected chi connectivity index (χ1v) is 9.12. The molecule has 0 radical (unpaired) electrons. The Bertz CT molecular complexity index is 813. The molecule has 3 rings (SSSR count). The molecule has 1 fully saturated rings. The molecule has 1 saturated heterocycles. The van der Waals surface area contributed by atoms with E-state index in [-0.39, 0.29) is 11.6 Å². The van der Waals surface area contributed by atoms with Gasteiger partial charge in [-0.1, -0.05) is 0 Å². The molecule has 0 saturated carbocycles. The molecule has 0 bridgehead atoms. The van der Waals surface area contributed by atoms with Crippen molar-refractivity contribution in [3.05, 3.63) is 22.1 Å². The van der Waals surface area contributed by atoms with E-state index in [9.17, 15) is 9.59 Å². The first kappa shape index (κ1) is 18.3. The fourth-order valence-corrected chi connectivity index (χ4v) is 3.48. The number of carbonyl (C=O) groups is 1. The van der Waals surface area contributed by atoms with Gasteiger partial charge >= 0.3 is 5.69 Å². The standard InChI is InChI=1S/C16H26N8O2/c1-4-23-14(18-21(3)16(23)26)11-13-5-8-22(9-6-13)15(25)7-10-24-12(2)17-19-20-24/h13H,4-11H2,1-3H3. The maximum Gasteiger partial charge on any atom is 0.345 e. The lowest BCUT2D eigenvalue weighted by Gasteiger charge is -2.32. The molecule has 0 aromatic carbocycles. The summed E-state index contributed by atoms with van der Waals surface area (Å²) in [5.41, 5.74) is -0.0620. The predicted molar refractivity (Wildman–Crippen MR) is 93.3 cm³/mol. The van der Waals surface area contributed by atoms with E-state index >= 15 is 0 Å². The summed E-state index contributed by atoms with van der Waals surface area (Å²) in [6.45, 7) is 6.43. The quantitative estimate of drug-likeness (QED) is 0.703. The third kappa shape index (κ3) is 3.83. The zero-order chi connectivity index (χ0) is 18.7. The Morgan fingerprint density at radius 1 is 1.27 bits per heavy atom. The smallest absolute Gasteiger partial charge is 0.343 e. The summed E-state index contributed by atoms with van der Waals surface area (Å²) in [7, 11) is 1.69. The van der Waals surface area contributed by atoms with Crippen LogP contribution in [0.25, 0.3) is 0 Å². The third-order valence-corrected chi connectivity index (χ3v) is 5.09. The van der Waals surface area contributed by atoms with Gasteiger partial charge in [-0.25, -0.2) is 14.2 Å². The molecule has 1 amide bonds. The molecule has 0 N–H and O–H groups in total. The third-order valence-electron chi connectivity index (χ3n) is 5.09. The van der Waals surface area contributed by atoms with E-state index in [4.69, 9.17) is 0 Å². The Kier molecular flexibility index (Phi) is 5.48. The first-order chi connectivity index (χ1) is 12.5. The largest absolute Gasteiger partial charge is 0.345 e. The molecule has 2 aromatic heterocycles. The van der Waals surface area contributed by atoms with E-state index in [1.54, 1.807) is 16.3 Å². The molecule has 10 nitrogen and oxygen atoms in total. The van der Waals surface area contributed by atoms with Crippen LogP contribution in [-0.2, 0) is 31.4 Å². The van der Waals surface area contributed by atoms with Gasteiger partial charge in [0.15, 0.2) is 0 Å². The number of nitrogens with zero attached hydrogens (tertiary/aromatic N) is 8. The Morgan fingerprint density at radius 3 is 2.62 bits per heavy atom. The number of aryl methyl sites for hydroxylation is 3. The van der Waals surface area contributed by atoms with Crippen molar-refractivity contribution in [3.63, 3.8) is 0 Å². The number of rotatable bonds is 6. The van der Waals surface area contributed by atoms with Crippen LogP contribution in [0.3, 0.4) is 0 Å². The minimum absolute atomic E-state index is 0.0620. The molecule has 142 valence electrons. The highest BCUT2D eigenvalue weighted by atomic mass is 16.2. The predicted octanol–water partition coefficient (Wildman–Crippen LogP) is -0.232. The SMILES string of the molecule is CCn1c(CC2CCN(C(=O)CCn3nnnc3C)CC2)nn(C)c1=O. The van der Waals surface area contributed by atoms with Crippen molar-refractivity contribution in [1.82, 2.24) is 39.5 Å². The summed E-state index contributed by atoms with van der Waals surface area (Å²) in [5.74, 6) is 2.15. The second kappa shape index (κ2) is 7.79. The average Bonchev–Trinajstić information content (AvgIpc) is 3.16. The van der Waals surface area contributed by atoms with Crippen LogP contribution in [0.1, 0.15) is 37.8 Å². The highest BCUT2D eigenvalue weighted by molar-refractivity contribution is 5.76. The summed E-state index contributed by atoms with van der Waals surface area (Å²) in [4.78, 5) is 26.3. The van der Waals surface area contributed by atoms with E-state index in [0.29, 0.717) is 31.3 Å². The summed E-state index contributed by atoms with van der Waals surface area (Å²) in [6, 6.07) is 0. The molecule has 0 unspecified atom stereocenters. The van der Waals surface area contributed by atoms with Gasteiger partial charge in [-0.2, -0.15) is 5.10 Å². The van der Waals surface area contributed by atoms with Gasteiger partial charge in [-0.05, 0) is 43.0 Å². The molecule has 26 heavy (non-hydrogen) atoms. The number of likely N-dealkylation sites (tertiary alicyclic amines) is 1. The maximum absolute atomic E-state index is 12.4. The van der Waals surface area contributed by atoms with Gasteiger partial charge in [-0.3, -0.25) is 9.36 Å². The zero-order valence-corrected chi connectivity index (χ0v) is 15.6. The van der Waals surface area contributed by atoms with Crippen molar-refractivity contribution in [2.75, 3.05) is 13.1 Å². The van der Waals surface area contributed by atoms with E-state index in [1.165, 1.54) is 4.68 Å². The number of tetrazole rings is 1.